The van der Waals surface area contributed by atoms with E-state index in [9.17, 15) is 14.4 Å². The Kier molecular flexibility index (Phi) is 6.36. The van der Waals surface area contributed by atoms with Gasteiger partial charge in [-0.25, -0.2) is 0 Å². The van der Waals surface area contributed by atoms with Gasteiger partial charge in [-0.3, -0.25) is 14.4 Å². The van der Waals surface area contributed by atoms with Gasteiger partial charge in [0.1, 0.15) is 0 Å². The number of halogens is 1. The highest BCUT2D eigenvalue weighted by molar-refractivity contribution is 9.10. The minimum atomic E-state index is -0.0886. The summed E-state index contributed by atoms with van der Waals surface area (Å²) in [5.41, 5.74) is 5.20. The molecule has 35 heavy (non-hydrogen) atoms. The maximum Gasteiger partial charge on any atom is 0.256 e. The number of ketones is 1. The fourth-order valence-electron chi connectivity index (χ4n) is 5.18. The molecule has 1 saturated heterocycles. The van der Waals surface area contributed by atoms with Gasteiger partial charge in [0.05, 0.1) is 12.1 Å². The number of hydrogen-bond donors (Lipinski definition) is 0. The largest absolute Gasteiger partial charge is 0.339 e. The quantitative estimate of drug-likeness (QED) is 0.438. The van der Waals surface area contributed by atoms with Gasteiger partial charge in [0.2, 0.25) is 5.91 Å². The van der Waals surface area contributed by atoms with Gasteiger partial charge < -0.3 is 14.4 Å². The zero-order chi connectivity index (χ0) is 24.7. The van der Waals surface area contributed by atoms with Crippen LogP contribution < -0.4 is 0 Å². The Morgan fingerprint density at radius 3 is 2.66 bits per heavy atom. The third kappa shape index (κ3) is 4.69. The van der Waals surface area contributed by atoms with Crippen molar-refractivity contribution in [3.05, 3.63) is 82.0 Å². The number of carbonyl (C=O) groups excluding carboxylic acids is 3. The zero-order valence-corrected chi connectivity index (χ0v) is 21.4. The Labute approximate surface area is 213 Å². The molecule has 3 heterocycles. The Balaban J connectivity index is 1.35. The van der Waals surface area contributed by atoms with Crippen molar-refractivity contribution in [2.45, 2.75) is 32.9 Å². The van der Waals surface area contributed by atoms with E-state index in [0.717, 1.165) is 21.8 Å². The Morgan fingerprint density at radius 2 is 1.89 bits per heavy atom. The van der Waals surface area contributed by atoms with Crippen LogP contribution in [0.4, 0.5) is 0 Å². The molecule has 0 bridgehead atoms. The fraction of sp³-hybridized carbons (Fsp3) is 0.321. The summed E-state index contributed by atoms with van der Waals surface area (Å²) in [6, 6.07) is 12.3. The highest BCUT2D eigenvalue weighted by Crippen LogP contribution is 2.29. The Bertz CT molecular complexity index is 1350. The van der Waals surface area contributed by atoms with Gasteiger partial charge in [-0.2, -0.15) is 0 Å². The third-order valence-electron chi connectivity index (χ3n) is 7.04. The molecule has 7 heteroatoms. The van der Waals surface area contributed by atoms with Gasteiger partial charge in [0, 0.05) is 60.1 Å². The number of benzene rings is 2. The molecule has 2 aliphatic rings. The normalized spacial score (nSPS) is 15.6. The maximum atomic E-state index is 13.6. The van der Waals surface area contributed by atoms with E-state index in [-0.39, 0.29) is 30.1 Å². The first-order valence-corrected chi connectivity index (χ1v) is 12.7. The standard InChI is InChI=1S/C28H28BrN3O3/c1-3-27(34)32-13-19(14-32)11-23(33)16-31-17-25(24-12-22(29)6-7-26(24)31)28(35)30-9-8-20-5-4-18(2)10-21(20)15-30/h3-7,10,12,17,19H,1,8-9,11,13-16H2,2H3. The number of hydrogen-bond acceptors (Lipinski definition) is 3. The second kappa shape index (κ2) is 9.46. The van der Waals surface area contributed by atoms with E-state index in [2.05, 4.69) is 47.6 Å². The molecule has 0 radical (unpaired) electrons. The van der Waals surface area contributed by atoms with Crippen molar-refractivity contribution in [1.82, 2.24) is 14.4 Å². The highest BCUT2D eigenvalue weighted by Gasteiger charge is 2.31. The molecule has 0 N–H and O–H groups in total. The number of fused-ring (bicyclic) bond motifs is 2. The number of nitrogens with zero attached hydrogens (tertiary/aromatic N) is 3. The summed E-state index contributed by atoms with van der Waals surface area (Å²) in [6.07, 6.45) is 4.40. The molecule has 6 nitrogen and oxygen atoms in total. The minimum absolute atomic E-state index is 0.0102. The third-order valence-corrected chi connectivity index (χ3v) is 7.53. The molecular formula is C28H28BrN3O3. The summed E-state index contributed by atoms with van der Waals surface area (Å²) in [6.45, 7) is 8.25. The van der Waals surface area contributed by atoms with Gasteiger partial charge in [-0.05, 0) is 48.7 Å². The second-order valence-electron chi connectivity index (χ2n) is 9.64. The molecule has 1 aromatic heterocycles. The Morgan fingerprint density at radius 1 is 1.09 bits per heavy atom. The van der Waals surface area contributed by atoms with Crippen LogP contribution in [0.2, 0.25) is 0 Å². The van der Waals surface area contributed by atoms with Gasteiger partial charge in [0.25, 0.3) is 5.91 Å². The molecule has 2 aromatic carbocycles. The molecule has 1 fully saturated rings. The lowest BCUT2D eigenvalue weighted by molar-refractivity contribution is -0.134. The number of amides is 2. The number of rotatable bonds is 6. The minimum Gasteiger partial charge on any atom is -0.339 e. The monoisotopic (exact) mass is 533 g/mol. The van der Waals surface area contributed by atoms with Crippen LogP contribution in [0.25, 0.3) is 10.9 Å². The SMILES string of the molecule is C=CC(=O)N1CC(CC(=O)Cn2cc(C(=O)N3CCc4ccc(C)cc4C3)c3cc(Br)ccc32)C1. The van der Waals surface area contributed by atoms with Crippen LogP contribution in [0.1, 0.15) is 33.5 Å². The van der Waals surface area contributed by atoms with Crippen molar-refractivity contribution in [2.24, 2.45) is 5.92 Å². The van der Waals surface area contributed by atoms with Gasteiger partial charge in [0.15, 0.2) is 5.78 Å². The van der Waals surface area contributed by atoms with Crippen LogP contribution in [0.3, 0.4) is 0 Å². The maximum absolute atomic E-state index is 13.6. The summed E-state index contributed by atoms with van der Waals surface area (Å²) < 4.78 is 2.79. The summed E-state index contributed by atoms with van der Waals surface area (Å²) in [5.74, 6) is 0.181. The van der Waals surface area contributed by atoms with E-state index in [4.69, 9.17) is 0 Å². The van der Waals surface area contributed by atoms with Gasteiger partial charge >= 0.3 is 0 Å². The van der Waals surface area contributed by atoms with Crippen molar-refractivity contribution in [3.8, 4) is 0 Å². The lowest BCUT2D eigenvalue weighted by Gasteiger charge is -2.38. The van der Waals surface area contributed by atoms with Crippen molar-refractivity contribution >= 4 is 44.4 Å². The lowest BCUT2D eigenvalue weighted by atomic mass is 9.94. The topological polar surface area (TPSA) is 62.6 Å². The molecular weight excluding hydrogens is 506 g/mol. The smallest absolute Gasteiger partial charge is 0.256 e. The van der Waals surface area contributed by atoms with Gasteiger partial charge in [-0.1, -0.05) is 46.3 Å². The second-order valence-corrected chi connectivity index (χ2v) is 10.6. The summed E-state index contributed by atoms with van der Waals surface area (Å²) in [5, 5.41) is 0.846. The molecule has 0 unspecified atom stereocenters. The van der Waals surface area contributed by atoms with Crippen molar-refractivity contribution in [3.63, 3.8) is 0 Å². The average Bonchev–Trinajstić information content (AvgIpc) is 3.16. The molecule has 0 spiro atoms. The van der Waals surface area contributed by atoms with Crippen LogP contribution in [0.15, 0.2) is 59.7 Å². The predicted octanol–water partition coefficient (Wildman–Crippen LogP) is 4.51. The van der Waals surface area contributed by atoms with Crippen molar-refractivity contribution < 1.29 is 14.4 Å². The van der Waals surface area contributed by atoms with Gasteiger partial charge in [-0.15, -0.1) is 0 Å². The summed E-state index contributed by atoms with van der Waals surface area (Å²) in [4.78, 5) is 41.8. The molecule has 2 aliphatic heterocycles. The van der Waals surface area contributed by atoms with E-state index >= 15 is 0 Å². The number of aromatic nitrogens is 1. The average molecular weight is 534 g/mol. The Hall–Kier alpha value is -3.19. The van der Waals surface area contributed by atoms with Crippen LogP contribution in [-0.2, 0) is 29.1 Å². The summed E-state index contributed by atoms with van der Waals surface area (Å²) >= 11 is 3.53. The zero-order valence-electron chi connectivity index (χ0n) is 19.8. The molecule has 0 aliphatic carbocycles. The van der Waals surface area contributed by atoms with E-state index in [1.165, 1.54) is 22.8 Å². The molecule has 0 saturated carbocycles. The van der Waals surface area contributed by atoms with Crippen LogP contribution >= 0.6 is 15.9 Å². The first kappa shape index (κ1) is 23.5. The van der Waals surface area contributed by atoms with E-state index in [0.29, 0.717) is 38.2 Å². The summed E-state index contributed by atoms with van der Waals surface area (Å²) in [7, 11) is 0. The van der Waals surface area contributed by atoms with Crippen LogP contribution in [0.5, 0.6) is 0 Å². The number of carbonyl (C=O) groups is 3. The highest BCUT2D eigenvalue weighted by atomic mass is 79.9. The number of aryl methyl sites for hydroxylation is 1. The first-order chi connectivity index (χ1) is 16.8. The number of likely N-dealkylation sites (tertiary alicyclic amines) is 1. The van der Waals surface area contributed by atoms with E-state index < -0.39 is 0 Å². The van der Waals surface area contributed by atoms with Crippen LogP contribution in [-0.4, -0.2) is 51.6 Å². The predicted molar refractivity (Wildman–Crippen MR) is 139 cm³/mol. The fourth-order valence-corrected chi connectivity index (χ4v) is 5.55. The molecule has 180 valence electrons. The molecule has 3 aromatic rings. The lowest BCUT2D eigenvalue weighted by Crippen LogP contribution is -2.50. The molecule has 5 rings (SSSR count). The first-order valence-electron chi connectivity index (χ1n) is 11.9. The number of Topliss-reactive ketones (excluding diaryl/α,β-unsaturated/α-hetero) is 1. The molecule has 2 amide bonds. The van der Waals surface area contributed by atoms with Crippen molar-refractivity contribution in [1.29, 1.82) is 0 Å². The van der Waals surface area contributed by atoms with E-state index in [1.807, 2.05) is 33.9 Å². The molecule has 0 atom stereocenters. The van der Waals surface area contributed by atoms with E-state index in [1.54, 1.807) is 4.90 Å². The van der Waals surface area contributed by atoms with Crippen LogP contribution in [0, 0.1) is 12.8 Å². The van der Waals surface area contributed by atoms with Crippen molar-refractivity contribution in [2.75, 3.05) is 19.6 Å².